The van der Waals surface area contributed by atoms with E-state index in [9.17, 15) is 14.4 Å². The molecule has 2 amide bonds. The highest BCUT2D eigenvalue weighted by atomic mass is 32.2. The predicted octanol–water partition coefficient (Wildman–Crippen LogP) is 4.17. The highest BCUT2D eigenvalue weighted by Crippen LogP contribution is 2.32. The molecule has 0 saturated carbocycles. The summed E-state index contributed by atoms with van der Waals surface area (Å²) in [5, 5.41) is -0.411. The van der Waals surface area contributed by atoms with Crippen molar-refractivity contribution in [2.75, 3.05) is 6.54 Å². The maximum absolute atomic E-state index is 12.5. The standard InChI is InChI=1S/C20H17NO3S/c1-2-14-8-10-15(11-9-14)12-18-19(23)21(20(24)25-18)13-17(22)16-6-4-3-5-7-16/h3-12H,2,13H2,1H3/b18-12-. The van der Waals surface area contributed by atoms with Crippen LogP contribution in [-0.2, 0) is 11.2 Å². The molecule has 0 aromatic heterocycles. The minimum absolute atomic E-state index is 0.235. The highest BCUT2D eigenvalue weighted by Gasteiger charge is 2.36. The van der Waals surface area contributed by atoms with Crippen LogP contribution in [0, 0.1) is 0 Å². The van der Waals surface area contributed by atoms with E-state index in [-0.39, 0.29) is 12.3 Å². The number of imide groups is 1. The fraction of sp³-hybridized carbons (Fsp3) is 0.150. The average molecular weight is 351 g/mol. The third-order valence-corrected chi connectivity index (χ3v) is 4.86. The number of carbonyl (C=O) groups is 3. The molecule has 1 aliphatic rings. The Morgan fingerprint density at radius 2 is 1.72 bits per heavy atom. The third-order valence-electron chi connectivity index (χ3n) is 3.96. The molecular weight excluding hydrogens is 334 g/mol. The molecule has 0 N–H and O–H groups in total. The first kappa shape index (κ1) is 17.2. The molecule has 4 nitrogen and oxygen atoms in total. The number of thioether (sulfide) groups is 1. The van der Waals surface area contributed by atoms with Crippen molar-refractivity contribution in [2.24, 2.45) is 0 Å². The third kappa shape index (κ3) is 3.88. The second-order valence-corrected chi connectivity index (χ2v) is 6.65. The lowest BCUT2D eigenvalue weighted by Crippen LogP contribution is -2.33. The van der Waals surface area contributed by atoms with Gasteiger partial charge in [0.15, 0.2) is 5.78 Å². The van der Waals surface area contributed by atoms with Crippen LogP contribution < -0.4 is 0 Å². The van der Waals surface area contributed by atoms with Crippen molar-refractivity contribution in [1.82, 2.24) is 4.90 Å². The molecule has 0 radical (unpaired) electrons. The molecule has 1 saturated heterocycles. The van der Waals surface area contributed by atoms with Crippen LogP contribution in [0.4, 0.5) is 4.79 Å². The zero-order valence-corrected chi connectivity index (χ0v) is 14.6. The van der Waals surface area contributed by atoms with Crippen LogP contribution >= 0.6 is 11.8 Å². The molecule has 1 fully saturated rings. The smallest absolute Gasteiger partial charge is 0.292 e. The molecule has 0 atom stereocenters. The lowest BCUT2D eigenvalue weighted by Gasteiger charge is -2.11. The van der Waals surface area contributed by atoms with Gasteiger partial charge < -0.3 is 0 Å². The highest BCUT2D eigenvalue weighted by molar-refractivity contribution is 8.18. The Bertz CT molecular complexity index is 841. The Kier molecular flexibility index (Phi) is 5.14. The van der Waals surface area contributed by atoms with E-state index in [0.717, 1.165) is 28.6 Å². The Morgan fingerprint density at radius 1 is 1.04 bits per heavy atom. The number of ketones is 1. The lowest BCUT2D eigenvalue weighted by molar-refractivity contribution is -0.122. The van der Waals surface area contributed by atoms with Crippen LogP contribution in [0.5, 0.6) is 0 Å². The van der Waals surface area contributed by atoms with Gasteiger partial charge in [-0.15, -0.1) is 0 Å². The van der Waals surface area contributed by atoms with Crippen molar-refractivity contribution in [3.63, 3.8) is 0 Å². The average Bonchev–Trinajstić information content (AvgIpc) is 2.90. The maximum Gasteiger partial charge on any atom is 0.293 e. The van der Waals surface area contributed by atoms with E-state index in [0.29, 0.717) is 10.5 Å². The molecule has 1 heterocycles. The van der Waals surface area contributed by atoms with E-state index in [4.69, 9.17) is 0 Å². The van der Waals surface area contributed by atoms with Crippen LogP contribution in [0.3, 0.4) is 0 Å². The van der Waals surface area contributed by atoms with Gasteiger partial charge in [-0.25, -0.2) is 0 Å². The van der Waals surface area contributed by atoms with Crippen molar-refractivity contribution >= 4 is 34.8 Å². The molecular formula is C20H17NO3S. The zero-order valence-electron chi connectivity index (χ0n) is 13.8. The number of hydrogen-bond acceptors (Lipinski definition) is 4. The van der Waals surface area contributed by atoms with E-state index in [2.05, 4.69) is 6.92 Å². The van der Waals surface area contributed by atoms with Crippen molar-refractivity contribution in [3.8, 4) is 0 Å². The van der Waals surface area contributed by atoms with E-state index < -0.39 is 11.1 Å². The molecule has 2 aromatic rings. The summed E-state index contributed by atoms with van der Waals surface area (Å²) in [6, 6.07) is 16.5. The van der Waals surface area contributed by atoms with Gasteiger partial charge in [0.05, 0.1) is 11.4 Å². The molecule has 3 rings (SSSR count). The molecule has 2 aromatic carbocycles. The summed E-state index contributed by atoms with van der Waals surface area (Å²) < 4.78 is 0. The summed E-state index contributed by atoms with van der Waals surface area (Å²) in [6.07, 6.45) is 2.63. The van der Waals surface area contributed by atoms with Gasteiger partial charge >= 0.3 is 0 Å². The first-order chi connectivity index (χ1) is 12.1. The summed E-state index contributed by atoms with van der Waals surface area (Å²) in [5.74, 6) is -0.671. The number of hydrogen-bond donors (Lipinski definition) is 0. The number of benzene rings is 2. The van der Waals surface area contributed by atoms with Crippen molar-refractivity contribution < 1.29 is 14.4 Å². The Morgan fingerprint density at radius 3 is 2.36 bits per heavy atom. The molecule has 0 aliphatic carbocycles. The zero-order chi connectivity index (χ0) is 17.8. The quantitative estimate of drug-likeness (QED) is 0.599. The summed E-state index contributed by atoms with van der Waals surface area (Å²) in [4.78, 5) is 38.2. The van der Waals surface area contributed by atoms with E-state index in [1.165, 1.54) is 5.56 Å². The summed E-state index contributed by atoms with van der Waals surface area (Å²) >= 11 is 0.870. The van der Waals surface area contributed by atoms with Gasteiger partial charge in [-0.2, -0.15) is 0 Å². The van der Waals surface area contributed by atoms with Crippen LogP contribution in [-0.4, -0.2) is 28.4 Å². The first-order valence-electron chi connectivity index (χ1n) is 8.01. The van der Waals surface area contributed by atoms with E-state index in [1.54, 1.807) is 30.3 Å². The number of nitrogens with zero attached hydrogens (tertiary/aromatic N) is 1. The predicted molar refractivity (Wildman–Crippen MR) is 99.3 cm³/mol. The number of Topliss-reactive ketones (excluding diaryl/α,β-unsaturated/α-hetero) is 1. The molecule has 0 spiro atoms. The lowest BCUT2D eigenvalue weighted by atomic mass is 10.1. The number of carbonyl (C=O) groups excluding carboxylic acids is 3. The van der Waals surface area contributed by atoms with E-state index >= 15 is 0 Å². The largest absolute Gasteiger partial charge is 0.293 e. The maximum atomic E-state index is 12.5. The molecule has 126 valence electrons. The van der Waals surface area contributed by atoms with Crippen molar-refractivity contribution in [3.05, 3.63) is 76.2 Å². The van der Waals surface area contributed by atoms with Crippen molar-refractivity contribution in [2.45, 2.75) is 13.3 Å². The van der Waals surface area contributed by atoms with Gasteiger partial charge in [-0.3, -0.25) is 19.3 Å². The number of rotatable bonds is 5. The second kappa shape index (κ2) is 7.49. The number of aryl methyl sites for hydroxylation is 1. The fourth-order valence-electron chi connectivity index (χ4n) is 2.50. The van der Waals surface area contributed by atoms with Crippen LogP contribution in [0.1, 0.15) is 28.4 Å². The van der Waals surface area contributed by atoms with Crippen LogP contribution in [0.25, 0.3) is 6.08 Å². The summed E-state index contributed by atoms with van der Waals surface area (Å²) in [7, 11) is 0. The van der Waals surface area contributed by atoms with Gasteiger partial charge in [0, 0.05) is 5.56 Å². The molecule has 0 bridgehead atoms. The molecule has 5 heteroatoms. The molecule has 0 unspecified atom stereocenters. The Balaban J connectivity index is 1.75. The summed E-state index contributed by atoms with van der Waals surface area (Å²) in [5.41, 5.74) is 2.55. The Hall–Kier alpha value is -2.66. The topological polar surface area (TPSA) is 54.5 Å². The molecule has 25 heavy (non-hydrogen) atoms. The van der Waals surface area contributed by atoms with Crippen LogP contribution in [0.15, 0.2) is 59.5 Å². The van der Waals surface area contributed by atoms with Crippen LogP contribution in [0.2, 0.25) is 0 Å². The van der Waals surface area contributed by atoms with Gasteiger partial charge in [0.25, 0.3) is 11.1 Å². The fourth-order valence-corrected chi connectivity index (χ4v) is 3.33. The van der Waals surface area contributed by atoms with Crippen molar-refractivity contribution in [1.29, 1.82) is 0 Å². The van der Waals surface area contributed by atoms with Gasteiger partial charge in [0.2, 0.25) is 0 Å². The second-order valence-electron chi connectivity index (χ2n) is 5.65. The van der Waals surface area contributed by atoms with Gasteiger partial charge in [-0.1, -0.05) is 61.5 Å². The number of amides is 2. The van der Waals surface area contributed by atoms with Gasteiger partial charge in [0.1, 0.15) is 0 Å². The SMILES string of the molecule is CCc1ccc(/C=C2\SC(=O)N(CC(=O)c3ccccc3)C2=O)cc1. The molecule has 1 aliphatic heterocycles. The Labute approximate surface area is 150 Å². The minimum Gasteiger partial charge on any atom is -0.292 e. The minimum atomic E-state index is -0.418. The normalized spacial score (nSPS) is 15.9. The van der Waals surface area contributed by atoms with Gasteiger partial charge in [-0.05, 0) is 35.4 Å². The van der Waals surface area contributed by atoms with E-state index in [1.807, 2.05) is 30.3 Å². The first-order valence-corrected chi connectivity index (χ1v) is 8.82. The monoisotopic (exact) mass is 351 g/mol. The summed E-state index contributed by atoms with van der Waals surface area (Å²) in [6.45, 7) is 1.84.